The number of amides is 1. The fourth-order valence-corrected chi connectivity index (χ4v) is 0.751. The molecule has 0 aliphatic rings. The number of hydrogen-bond donors (Lipinski definition) is 2. The van der Waals surface area contributed by atoms with E-state index in [1.807, 2.05) is 0 Å². The van der Waals surface area contributed by atoms with Crippen molar-refractivity contribution < 1.29 is 24.2 Å². The highest BCUT2D eigenvalue weighted by atomic mass is 16.5. The third kappa shape index (κ3) is 6.88. The minimum atomic E-state index is -1.16. The van der Waals surface area contributed by atoms with Crippen LogP contribution in [0.1, 0.15) is 13.8 Å². The first-order chi connectivity index (χ1) is 7.84. The highest BCUT2D eigenvalue weighted by Gasteiger charge is 2.05. The fraction of sp³-hybridized carbons (Fsp3) is 0.364. The zero-order valence-corrected chi connectivity index (χ0v) is 9.78. The Morgan fingerprint density at radius 3 is 2.41 bits per heavy atom. The van der Waals surface area contributed by atoms with Crippen LogP contribution in [0.25, 0.3) is 0 Å². The molecule has 0 aromatic carbocycles. The lowest BCUT2D eigenvalue weighted by Crippen LogP contribution is -2.27. The van der Waals surface area contributed by atoms with Crippen molar-refractivity contribution >= 4 is 17.8 Å². The highest BCUT2D eigenvalue weighted by molar-refractivity contribution is 5.97. The summed E-state index contributed by atoms with van der Waals surface area (Å²) in [6.45, 7) is 6.34. The van der Waals surface area contributed by atoms with Crippen LogP contribution in [0.15, 0.2) is 23.8 Å². The van der Waals surface area contributed by atoms with Crippen molar-refractivity contribution in [3.05, 3.63) is 23.8 Å². The van der Waals surface area contributed by atoms with Crippen molar-refractivity contribution in [1.29, 1.82) is 0 Å². The van der Waals surface area contributed by atoms with Gasteiger partial charge in [-0.05, 0) is 13.8 Å². The van der Waals surface area contributed by atoms with Gasteiger partial charge in [-0.3, -0.25) is 4.79 Å². The van der Waals surface area contributed by atoms with Gasteiger partial charge in [0.05, 0.1) is 6.54 Å². The molecule has 0 aliphatic carbocycles. The van der Waals surface area contributed by atoms with E-state index in [4.69, 9.17) is 9.84 Å². The molecule has 1 amide bonds. The van der Waals surface area contributed by atoms with Crippen molar-refractivity contribution in [3.63, 3.8) is 0 Å². The van der Waals surface area contributed by atoms with Gasteiger partial charge in [0.25, 0.3) is 0 Å². The number of carboxylic acid groups (broad SMARTS) is 1. The quantitative estimate of drug-likeness (QED) is 0.395. The van der Waals surface area contributed by atoms with Crippen molar-refractivity contribution in [2.45, 2.75) is 13.8 Å². The molecule has 2 N–H and O–H groups in total. The maximum Gasteiger partial charge on any atom is 0.333 e. The molecule has 6 nitrogen and oxygen atoms in total. The van der Waals surface area contributed by atoms with Crippen molar-refractivity contribution in [3.8, 4) is 0 Å². The van der Waals surface area contributed by atoms with Crippen LogP contribution >= 0.6 is 0 Å². The molecule has 0 radical (unpaired) electrons. The molecule has 0 spiro atoms. The van der Waals surface area contributed by atoms with Crippen LogP contribution in [-0.2, 0) is 19.1 Å². The zero-order chi connectivity index (χ0) is 13.4. The molecular formula is C11H15NO5. The molecule has 0 saturated heterocycles. The van der Waals surface area contributed by atoms with Crippen LogP contribution < -0.4 is 5.32 Å². The normalized spacial score (nSPS) is 10.6. The van der Waals surface area contributed by atoms with Crippen LogP contribution in [0, 0.1) is 0 Å². The average molecular weight is 241 g/mol. The summed E-state index contributed by atoms with van der Waals surface area (Å²) in [6.07, 6.45) is 0.961. The van der Waals surface area contributed by atoms with E-state index in [0.29, 0.717) is 0 Å². The van der Waals surface area contributed by atoms with Gasteiger partial charge in [-0.15, -0.1) is 0 Å². The largest absolute Gasteiger partial charge is 0.478 e. The lowest BCUT2D eigenvalue weighted by atomic mass is 10.3. The Balaban J connectivity index is 3.88. The van der Waals surface area contributed by atoms with Gasteiger partial charge in [-0.2, -0.15) is 0 Å². The molecule has 94 valence electrons. The van der Waals surface area contributed by atoms with Gasteiger partial charge in [0.1, 0.15) is 6.61 Å². The van der Waals surface area contributed by atoms with Crippen LogP contribution in [0.5, 0.6) is 0 Å². The van der Waals surface area contributed by atoms with E-state index in [1.165, 1.54) is 13.8 Å². The Bertz CT molecular complexity index is 370. The number of esters is 1. The molecule has 0 rings (SSSR count). The third-order valence-electron chi connectivity index (χ3n) is 1.67. The first-order valence-electron chi connectivity index (χ1n) is 4.86. The molecular weight excluding hydrogens is 226 g/mol. The van der Waals surface area contributed by atoms with E-state index in [-0.39, 0.29) is 24.3 Å². The second-order valence-electron chi connectivity index (χ2n) is 3.34. The lowest BCUT2D eigenvalue weighted by Gasteiger charge is -2.04. The number of carboxylic acids is 1. The first kappa shape index (κ1) is 14.9. The van der Waals surface area contributed by atoms with Gasteiger partial charge in [0.2, 0.25) is 5.91 Å². The molecule has 0 aliphatic heterocycles. The van der Waals surface area contributed by atoms with Crippen molar-refractivity contribution in [1.82, 2.24) is 5.32 Å². The summed E-state index contributed by atoms with van der Waals surface area (Å²) in [5.74, 6) is -2.23. The fourth-order valence-electron chi connectivity index (χ4n) is 0.751. The number of carbonyl (C=O) groups is 3. The van der Waals surface area contributed by atoms with Crippen LogP contribution in [-0.4, -0.2) is 36.1 Å². The van der Waals surface area contributed by atoms with E-state index in [1.54, 1.807) is 0 Å². The van der Waals surface area contributed by atoms with Gasteiger partial charge in [0.15, 0.2) is 0 Å². The van der Waals surface area contributed by atoms with Crippen LogP contribution in [0.4, 0.5) is 0 Å². The van der Waals surface area contributed by atoms with E-state index < -0.39 is 17.8 Å². The monoisotopic (exact) mass is 241 g/mol. The van der Waals surface area contributed by atoms with Gasteiger partial charge >= 0.3 is 11.9 Å². The predicted octanol–water partition coefficient (Wildman–Crippen LogP) is 0.253. The minimum Gasteiger partial charge on any atom is -0.478 e. The molecule has 0 heterocycles. The topological polar surface area (TPSA) is 92.7 Å². The highest BCUT2D eigenvalue weighted by Crippen LogP contribution is 1.92. The number of nitrogens with one attached hydrogen (secondary N) is 1. The maximum atomic E-state index is 11.1. The summed E-state index contributed by atoms with van der Waals surface area (Å²) in [6, 6.07) is 0. The minimum absolute atomic E-state index is 0.0113. The number of carbonyl (C=O) groups excluding carboxylic acids is 2. The molecule has 0 saturated carbocycles. The Kier molecular flexibility index (Phi) is 6.32. The summed E-state index contributed by atoms with van der Waals surface area (Å²) in [4.78, 5) is 32.5. The summed E-state index contributed by atoms with van der Waals surface area (Å²) in [5, 5.41) is 10.9. The number of aliphatic carboxylic acids is 1. The Hall–Kier alpha value is -2.11. The predicted molar refractivity (Wildman–Crippen MR) is 60.2 cm³/mol. The second kappa shape index (κ2) is 7.21. The third-order valence-corrected chi connectivity index (χ3v) is 1.67. The average Bonchev–Trinajstić information content (AvgIpc) is 2.23. The van der Waals surface area contributed by atoms with Crippen LogP contribution in [0.3, 0.4) is 0 Å². The number of rotatable bonds is 6. The van der Waals surface area contributed by atoms with Crippen molar-refractivity contribution in [2.24, 2.45) is 0 Å². The Labute approximate surface area is 99.0 Å². The smallest absolute Gasteiger partial charge is 0.333 e. The van der Waals surface area contributed by atoms with Gasteiger partial charge in [0, 0.05) is 17.2 Å². The summed E-state index contributed by atoms with van der Waals surface area (Å²) >= 11 is 0. The van der Waals surface area contributed by atoms with E-state index in [9.17, 15) is 14.4 Å². The van der Waals surface area contributed by atoms with E-state index in [2.05, 4.69) is 11.9 Å². The summed E-state index contributed by atoms with van der Waals surface area (Å²) in [5.41, 5.74) is 0.208. The molecule has 17 heavy (non-hydrogen) atoms. The van der Waals surface area contributed by atoms with Gasteiger partial charge < -0.3 is 15.2 Å². The van der Waals surface area contributed by atoms with Crippen molar-refractivity contribution in [2.75, 3.05) is 13.2 Å². The van der Waals surface area contributed by atoms with Crippen LogP contribution in [0.2, 0.25) is 0 Å². The lowest BCUT2D eigenvalue weighted by molar-refractivity contribution is -0.139. The second-order valence-corrected chi connectivity index (χ2v) is 3.34. The first-order valence-corrected chi connectivity index (χ1v) is 4.86. The SMILES string of the molecule is C=C(C)C(=O)OCCNC(=O)C=C(C)C(=O)O. The van der Waals surface area contributed by atoms with Gasteiger partial charge in [-0.25, -0.2) is 9.59 Å². The standard InChI is InChI=1S/C11H15NO5/c1-7(2)11(16)17-5-4-12-9(13)6-8(3)10(14)15/h6H,1,4-5H2,2-3H3,(H,12,13)(H,14,15). The molecule has 0 aromatic heterocycles. The zero-order valence-electron chi connectivity index (χ0n) is 9.78. The molecule has 0 bridgehead atoms. The number of hydrogen-bond acceptors (Lipinski definition) is 4. The molecule has 0 unspecified atom stereocenters. The maximum absolute atomic E-state index is 11.1. The van der Waals surface area contributed by atoms with Gasteiger partial charge in [-0.1, -0.05) is 6.58 Å². The molecule has 6 heteroatoms. The summed E-state index contributed by atoms with van der Waals surface area (Å²) < 4.78 is 4.72. The molecule has 0 atom stereocenters. The Morgan fingerprint density at radius 2 is 1.94 bits per heavy atom. The Morgan fingerprint density at radius 1 is 1.35 bits per heavy atom. The summed E-state index contributed by atoms with van der Waals surface area (Å²) in [7, 11) is 0. The molecule has 0 fully saturated rings. The van der Waals surface area contributed by atoms with E-state index in [0.717, 1.165) is 6.08 Å². The molecule has 0 aromatic rings. The van der Waals surface area contributed by atoms with E-state index >= 15 is 0 Å². The number of ether oxygens (including phenoxy) is 1.